The number of halogens is 3. The van der Waals surface area contributed by atoms with Gasteiger partial charge in [0.05, 0.1) is 16.2 Å². The highest BCUT2D eigenvalue weighted by atomic mass is 32.2. The number of alkyl halides is 3. The first-order valence-corrected chi connectivity index (χ1v) is 8.57. The molecule has 1 saturated heterocycles. The summed E-state index contributed by atoms with van der Waals surface area (Å²) < 4.78 is 48.9. The molecule has 0 aliphatic carbocycles. The molecule has 2 aromatic carbocycles. The lowest BCUT2D eigenvalue weighted by atomic mass is 10.2. The standard InChI is InChI=1S/C18H11F3N2O3S/c19-18(20,21)11-2-1-3-12(8-11)22-17-23-16(24)15(27-17)7-10-4-5-13-14(6-10)26-9-25-13/h1-8H,9H2,(H,22,23,24). The van der Waals surface area contributed by atoms with Crippen molar-refractivity contribution in [3.05, 3.63) is 58.5 Å². The molecule has 4 rings (SSSR count). The fourth-order valence-corrected chi connectivity index (χ4v) is 3.35. The Bertz CT molecular complexity index is 986. The molecular formula is C18H11F3N2O3S. The summed E-state index contributed by atoms with van der Waals surface area (Å²) in [5.41, 5.74) is 0.0453. The molecule has 1 N–H and O–H groups in total. The van der Waals surface area contributed by atoms with Crippen LogP contribution in [-0.4, -0.2) is 17.9 Å². The van der Waals surface area contributed by atoms with Crippen molar-refractivity contribution in [2.45, 2.75) is 6.18 Å². The van der Waals surface area contributed by atoms with E-state index < -0.39 is 11.7 Å². The van der Waals surface area contributed by atoms with E-state index in [9.17, 15) is 18.0 Å². The number of hydrogen-bond donors (Lipinski definition) is 1. The van der Waals surface area contributed by atoms with Crippen molar-refractivity contribution in [1.29, 1.82) is 0 Å². The number of thioether (sulfide) groups is 1. The largest absolute Gasteiger partial charge is 0.454 e. The third kappa shape index (κ3) is 3.77. The SMILES string of the molecule is O=C1NC(=Nc2cccc(C(F)(F)F)c2)SC1=Cc1ccc2c(c1)OCO2. The van der Waals surface area contributed by atoms with Crippen LogP contribution in [-0.2, 0) is 11.0 Å². The van der Waals surface area contributed by atoms with Gasteiger partial charge in [0.25, 0.3) is 5.91 Å². The Labute approximate surface area is 155 Å². The summed E-state index contributed by atoms with van der Waals surface area (Å²) in [4.78, 5) is 16.6. The van der Waals surface area contributed by atoms with E-state index in [-0.39, 0.29) is 23.6 Å². The van der Waals surface area contributed by atoms with E-state index in [0.717, 1.165) is 29.5 Å². The third-order valence-electron chi connectivity index (χ3n) is 3.75. The summed E-state index contributed by atoms with van der Waals surface area (Å²) in [6.45, 7) is 0.151. The number of ether oxygens (including phenoxy) is 2. The molecule has 9 heteroatoms. The molecule has 138 valence electrons. The summed E-state index contributed by atoms with van der Waals surface area (Å²) in [6.07, 6.45) is -2.80. The minimum absolute atomic E-state index is 0.108. The van der Waals surface area contributed by atoms with Crippen LogP contribution in [0.3, 0.4) is 0 Å². The highest BCUT2D eigenvalue weighted by Crippen LogP contribution is 2.35. The highest BCUT2D eigenvalue weighted by molar-refractivity contribution is 8.18. The van der Waals surface area contributed by atoms with Crippen molar-refractivity contribution in [3.63, 3.8) is 0 Å². The molecule has 1 fully saturated rings. The van der Waals surface area contributed by atoms with Crippen molar-refractivity contribution in [1.82, 2.24) is 5.32 Å². The van der Waals surface area contributed by atoms with E-state index in [1.807, 2.05) is 0 Å². The lowest BCUT2D eigenvalue weighted by molar-refractivity contribution is -0.137. The van der Waals surface area contributed by atoms with Crippen molar-refractivity contribution in [2.24, 2.45) is 4.99 Å². The number of carbonyl (C=O) groups is 1. The van der Waals surface area contributed by atoms with E-state index >= 15 is 0 Å². The van der Waals surface area contributed by atoms with Gasteiger partial charge in [0.2, 0.25) is 6.79 Å². The predicted octanol–water partition coefficient (Wildman–Crippen LogP) is 4.33. The van der Waals surface area contributed by atoms with Gasteiger partial charge in [-0.25, -0.2) is 4.99 Å². The smallest absolute Gasteiger partial charge is 0.416 e. The fraction of sp³-hybridized carbons (Fsp3) is 0.111. The Kier molecular flexibility index (Phi) is 4.31. The number of amidine groups is 1. The zero-order chi connectivity index (χ0) is 19.0. The van der Waals surface area contributed by atoms with Crippen molar-refractivity contribution < 1.29 is 27.4 Å². The van der Waals surface area contributed by atoms with Gasteiger partial charge in [0.1, 0.15) is 0 Å². The number of nitrogens with one attached hydrogen (secondary N) is 1. The molecule has 1 amide bonds. The van der Waals surface area contributed by atoms with Gasteiger partial charge in [-0.1, -0.05) is 12.1 Å². The van der Waals surface area contributed by atoms with Gasteiger partial charge in [-0.3, -0.25) is 4.79 Å². The molecular weight excluding hydrogens is 381 g/mol. The average molecular weight is 392 g/mol. The topological polar surface area (TPSA) is 59.9 Å². The van der Waals surface area contributed by atoms with Gasteiger partial charge in [0.15, 0.2) is 16.7 Å². The van der Waals surface area contributed by atoms with Crippen molar-refractivity contribution in [3.8, 4) is 11.5 Å². The van der Waals surface area contributed by atoms with Crippen LogP contribution in [0.4, 0.5) is 18.9 Å². The van der Waals surface area contributed by atoms with Crippen LogP contribution < -0.4 is 14.8 Å². The third-order valence-corrected chi connectivity index (χ3v) is 4.66. The molecule has 0 bridgehead atoms. The first-order chi connectivity index (χ1) is 12.9. The Morgan fingerprint density at radius 3 is 2.74 bits per heavy atom. The van der Waals surface area contributed by atoms with E-state index in [4.69, 9.17) is 9.47 Å². The molecule has 0 atom stereocenters. The summed E-state index contributed by atoms with van der Waals surface area (Å²) in [5.74, 6) is 0.849. The van der Waals surface area contributed by atoms with E-state index in [0.29, 0.717) is 16.4 Å². The Morgan fingerprint density at radius 2 is 1.93 bits per heavy atom. The number of fused-ring (bicyclic) bond motifs is 1. The molecule has 0 aromatic heterocycles. The van der Waals surface area contributed by atoms with Gasteiger partial charge in [-0.05, 0) is 53.7 Å². The van der Waals surface area contributed by atoms with Gasteiger partial charge in [-0.2, -0.15) is 13.2 Å². The van der Waals surface area contributed by atoms with E-state index in [2.05, 4.69) is 10.3 Å². The first-order valence-electron chi connectivity index (χ1n) is 7.75. The minimum Gasteiger partial charge on any atom is -0.454 e. The van der Waals surface area contributed by atoms with Crippen LogP contribution in [0, 0.1) is 0 Å². The van der Waals surface area contributed by atoms with Gasteiger partial charge in [-0.15, -0.1) is 0 Å². The quantitative estimate of drug-likeness (QED) is 0.773. The monoisotopic (exact) mass is 392 g/mol. The molecule has 2 aliphatic heterocycles. The lowest BCUT2D eigenvalue weighted by Crippen LogP contribution is -2.19. The van der Waals surface area contributed by atoms with Crippen LogP contribution in [0.2, 0.25) is 0 Å². The zero-order valence-corrected chi connectivity index (χ0v) is 14.4. The second-order valence-corrected chi connectivity index (χ2v) is 6.67. The maximum atomic E-state index is 12.8. The van der Waals surface area contributed by atoms with Gasteiger partial charge in [0, 0.05) is 0 Å². The summed E-state index contributed by atoms with van der Waals surface area (Å²) in [6, 6.07) is 9.86. The number of carbonyl (C=O) groups excluding carboxylic acids is 1. The number of aliphatic imine (C=N–C) groups is 1. The second kappa shape index (κ2) is 6.66. The molecule has 2 aromatic rings. The predicted molar refractivity (Wildman–Crippen MR) is 94.8 cm³/mol. The molecule has 0 saturated carbocycles. The van der Waals surface area contributed by atoms with Crippen LogP contribution in [0.5, 0.6) is 11.5 Å². The Hall–Kier alpha value is -2.94. The molecule has 2 aliphatic rings. The second-order valence-electron chi connectivity index (χ2n) is 5.64. The number of benzene rings is 2. The number of rotatable bonds is 2. The minimum atomic E-state index is -4.45. The zero-order valence-electron chi connectivity index (χ0n) is 13.5. The van der Waals surface area contributed by atoms with Gasteiger partial charge >= 0.3 is 6.18 Å². The summed E-state index contributed by atoms with van der Waals surface area (Å²) in [7, 11) is 0. The maximum Gasteiger partial charge on any atom is 0.416 e. The Morgan fingerprint density at radius 1 is 1.11 bits per heavy atom. The van der Waals surface area contributed by atoms with E-state index in [1.54, 1.807) is 24.3 Å². The molecule has 5 nitrogen and oxygen atoms in total. The molecule has 0 radical (unpaired) electrons. The maximum absolute atomic E-state index is 12.8. The first kappa shape index (κ1) is 17.5. The van der Waals surface area contributed by atoms with Crippen molar-refractivity contribution >= 4 is 34.6 Å². The lowest BCUT2D eigenvalue weighted by Gasteiger charge is -2.06. The number of hydrogen-bond acceptors (Lipinski definition) is 5. The summed E-state index contributed by atoms with van der Waals surface area (Å²) >= 11 is 1.05. The summed E-state index contributed by atoms with van der Waals surface area (Å²) in [5, 5.41) is 2.77. The normalized spacial score (nSPS) is 19.0. The molecule has 0 spiro atoms. The van der Waals surface area contributed by atoms with Crippen molar-refractivity contribution in [2.75, 3.05) is 6.79 Å². The molecule has 0 unspecified atom stereocenters. The fourth-order valence-electron chi connectivity index (χ4n) is 2.50. The van der Waals surface area contributed by atoms with E-state index in [1.165, 1.54) is 12.1 Å². The average Bonchev–Trinajstić information content (AvgIpc) is 3.21. The van der Waals surface area contributed by atoms with Crippen LogP contribution >= 0.6 is 11.8 Å². The van der Waals surface area contributed by atoms with Crippen LogP contribution in [0.1, 0.15) is 11.1 Å². The van der Waals surface area contributed by atoms with Crippen LogP contribution in [0.25, 0.3) is 6.08 Å². The van der Waals surface area contributed by atoms with Crippen LogP contribution in [0.15, 0.2) is 52.4 Å². The molecule has 27 heavy (non-hydrogen) atoms. The highest BCUT2D eigenvalue weighted by Gasteiger charge is 2.30. The number of amides is 1. The number of nitrogens with zero attached hydrogens (tertiary/aromatic N) is 1. The Balaban J connectivity index is 1.56. The van der Waals surface area contributed by atoms with Gasteiger partial charge < -0.3 is 14.8 Å². The molecule has 2 heterocycles.